The third-order valence-corrected chi connectivity index (χ3v) is 1.54. The van der Waals surface area contributed by atoms with E-state index >= 15 is 0 Å². The Balaban J connectivity index is 2.82. The Kier molecular flexibility index (Phi) is 2.62. The number of rotatable bonds is 2. The molecule has 0 N–H and O–H groups in total. The zero-order valence-corrected chi connectivity index (χ0v) is 7.12. The van der Waals surface area contributed by atoms with E-state index in [0.29, 0.717) is 0 Å². The molecule has 0 aliphatic carbocycles. The maximum absolute atomic E-state index is 11.9. The van der Waals surface area contributed by atoms with Crippen LogP contribution in [0.15, 0.2) is 30.3 Å². The molecule has 0 aliphatic heterocycles. The second-order valence-corrected chi connectivity index (χ2v) is 3.08. The summed E-state index contributed by atoms with van der Waals surface area (Å²) in [6.45, 7) is 0. The topological polar surface area (TPSA) is 60.4 Å². The van der Waals surface area contributed by atoms with E-state index in [4.69, 9.17) is 0 Å². The Morgan fingerprint density at radius 3 is 2.23 bits per heavy atom. The summed E-state index contributed by atoms with van der Waals surface area (Å²) < 4.78 is 35.2. The average Bonchev–Trinajstić information content (AvgIpc) is 2.03. The summed E-state index contributed by atoms with van der Waals surface area (Å²) in [6, 6.07) is 7.25. The zero-order chi connectivity index (χ0) is 9.90. The van der Waals surface area contributed by atoms with Crippen molar-refractivity contribution >= 4 is 16.5 Å². The zero-order valence-electron chi connectivity index (χ0n) is 6.31. The number of carbonyl (C=O) groups is 1. The molecule has 0 saturated heterocycles. The van der Waals surface area contributed by atoms with Crippen LogP contribution in [-0.4, -0.2) is 14.4 Å². The molecule has 0 bridgehead atoms. The van der Waals surface area contributed by atoms with Crippen LogP contribution in [0.25, 0.3) is 0 Å². The summed E-state index contributed by atoms with van der Waals surface area (Å²) in [7, 11) is -5.22. The van der Waals surface area contributed by atoms with Crippen LogP contribution < -0.4 is 0 Å². The quantitative estimate of drug-likeness (QED) is 0.676. The van der Waals surface area contributed by atoms with Crippen molar-refractivity contribution in [1.29, 1.82) is 0 Å². The van der Waals surface area contributed by atoms with Gasteiger partial charge >= 0.3 is 16.5 Å². The third kappa shape index (κ3) is 3.20. The Morgan fingerprint density at radius 2 is 1.77 bits per heavy atom. The van der Waals surface area contributed by atoms with Crippen LogP contribution >= 0.6 is 0 Å². The van der Waals surface area contributed by atoms with Crippen molar-refractivity contribution in [2.75, 3.05) is 0 Å². The van der Waals surface area contributed by atoms with E-state index in [-0.39, 0.29) is 5.56 Å². The largest absolute Gasteiger partial charge is 0.491 e. The van der Waals surface area contributed by atoms with Gasteiger partial charge in [0, 0.05) is 0 Å². The molecule has 0 heterocycles. The van der Waals surface area contributed by atoms with Crippen molar-refractivity contribution in [1.82, 2.24) is 0 Å². The molecule has 0 unspecified atom stereocenters. The smallest absolute Gasteiger partial charge is 0.317 e. The molecule has 0 fully saturated rings. The van der Waals surface area contributed by atoms with Crippen molar-refractivity contribution in [2.45, 2.75) is 0 Å². The van der Waals surface area contributed by atoms with Gasteiger partial charge in [0.1, 0.15) is 0 Å². The van der Waals surface area contributed by atoms with Gasteiger partial charge in [-0.3, -0.25) is 0 Å². The lowest BCUT2D eigenvalue weighted by Crippen LogP contribution is -2.08. The predicted octanol–water partition coefficient (Wildman–Crippen LogP) is 1.06. The van der Waals surface area contributed by atoms with Gasteiger partial charge in [-0.15, -0.1) is 0 Å². The highest BCUT2D eigenvalue weighted by molar-refractivity contribution is 7.81. The van der Waals surface area contributed by atoms with Gasteiger partial charge in [0.2, 0.25) is 0 Å². The Bertz CT molecular complexity index is 398. The fraction of sp³-hybridized carbons (Fsp3) is 0. The van der Waals surface area contributed by atoms with E-state index in [1.54, 1.807) is 6.07 Å². The molecule has 0 radical (unpaired) electrons. The van der Waals surface area contributed by atoms with Crippen LogP contribution in [0.4, 0.5) is 3.89 Å². The molecule has 0 spiro atoms. The lowest BCUT2D eigenvalue weighted by Gasteiger charge is -1.97. The third-order valence-electron chi connectivity index (χ3n) is 1.18. The average molecular weight is 204 g/mol. The van der Waals surface area contributed by atoms with Gasteiger partial charge in [0.25, 0.3) is 0 Å². The second kappa shape index (κ2) is 3.53. The molecule has 4 nitrogen and oxygen atoms in total. The first-order valence-corrected chi connectivity index (χ1v) is 4.53. The van der Waals surface area contributed by atoms with Gasteiger partial charge in [0.15, 0.2) is 0 Å². The molecule has 0 amide bonds. The molecule has 0 aromatic heterocycles. The highest BCUT2D eigenvalue weighted by Crippen LogP contribution is 2.04. The van der Waals surface area contributed by atoms with E-state index in [2.05, 4.69) is 4.18 Å². The van der Waals surface area contributed by atoms with E-state index in [9.17, 15) is 17.1 Å². The Hall–Kier alpha value is -1.43. The first-order chi connectivity index (χ1) is 5.99. The van der Waals surface area contributed by atoms with Gasteiger partial charge in [-0.25, -0.2) is 4.79 Å². The molecule has 1 aromatic rings. The number of halogens is 1. The summed E-state index contributed by atoms with van der Waals surface area (Å²) in [6.07, 6.45) is 0. The lowest BCUT2D eigenvalue weighted by molar-refractivity contribution is 0.0736. The van der Waals surface area contributed by atoms with Gasteiger partial charge in [-0.2, -0.15) is 8.42 Å². The molecule has 1 rings (SSSR count). The molecule has 0 saturated carbocycles. The molecule has 70 valence electrons. The summed E-state index contributed by atoms with van der Waals surface area (Å²) in [4.78, 5) is 10.8. The van der Waals surface area contributed by atoms with E-state index < -0.39 is 16.5 Å². The van der Waals surface area contributed by atoms with Crippen molar-refractivity contribution in [3.8, 4) is 0 Å². The maximum atomic E-state index is 11.9. The monoisotopic (exact) mass is 204 g/mol. The molecular formula is C7H5FO4S. The van der Waals surface area contributed by atoms with Gasteiger partial charge in [0.05, 0.1) is 5.56 Å². The van der Waals surface area contributed by atoms with Gasteiger partial charge < -0.3 is 4.18 Å². The van der Waals surface area contributed by atoms with E-state index in [0.717, 1.165) is 0 Å². The van der Waals surface area contributed by atoms with Crippen molar-refractivity contribution in [2.24, 2.45) is 0 Å². The lowest BCUT2D eigenvalue weighted by atomic mass is 10.2. The number of benzene rings is 1. The van der Waals surface area contributed by atoms with Crippen molar-refractivity contribution < 1.29 is 21.3 Å². The van der Waals surface area contributed by atoms with Gasteiger partial charge in [-0.1, -0.05) is 22.1 Å². The highest BCUT2D eigenvalue weighted by Gasteiger charge is 2.16. The summed E-state index contributed by atoms with van der Waals surface area (Å²) in [5.41, 5.74) is -0.0243. The van der Waals surface area contributed by atoms with Crippen molar-refractivity contribution in [3.63, 3.8) is 0 Å². The maximum Gasteiger partial charge on any atom is 0.491 e. The van der Waals surface area contributed by atoms with E-state index in [1.165, 1.54) is 24.3 Å². The molecule has 0 aliphatic rings. The molecule has 6 heteroatoms. The first kappa shape index (κ1) is 9.66. The molecule has 13 heavy (non-hydrogen) atoms. The normalized spacial score (nSPS) is 10.8. The highest BCUT2D eigenvalue weighted by atomic mass is 32.3. The van der Waals surface area contributed by atoms with Crippen LogP contribution in [0.1, 0.15) is 10.4 Å². The SMILES string of the molecule is O=C(OS(=O)(=O)F)c1ccccc1. The fourth-order valence-corrected chi connectivity index (χ4v) is 0.990. The molecule has 1 aromatic carbocycles. The summed E-state index contributed by atoms with van der Waals surface area (Å²) in [5.74, 6) is -1.23. The minimum Gasteiger partial charge on any atom is -0.317 e. The fourth-order valence-electron chi connectivity index (χ4n) is 0.713. The van der Waals surface area contributed by atoms with Gasteiger partial charge in [-0.05, 0) is 12.1 Å². The minimum absolute atomic E-state index is 0.0243. The predicted molar refractivity (Wildman–Crippen MR) is 41.9 cm³/mol. The molecular weight excluding hydrogens is 199 g/mol. The standard InChI is InChI=1S/C7H5FO4S/c8-13(10,11)12-7(9)6-4-2-1-3-5-6/h1-5H. The second-order valence-electron chi connectivity index (χ2n) is 2.13. The number of hydrogen-bond acceptors (Lipinski definition) is 4. The molecule has 0 atom stereocenters. The summed E-state index contributed by atoms with van der Waals surface area (Å²) >= 11 is 0. The van der Waals surface area contributed by atoms with Crippen molar-refractivity contribution in [3.05, 3.63) is 35.9 Å². The van der Waals surface area contributed by atoms with Crippen LogP contribution in [-0.2, 0) is 14.7 Å². The minimum atomic E-state index is -5.22. The summed E-state index contributed by atoms with van der Waals surface area (Å²) in [5, 5.41) is 0. The Morgan fingerprint density at radius 1 is 1.23 bits per heavy atom. The van der Waals surface area contributed by atoms with E-state index in [1.807, 2.05) is 0 Å². The number of carbonyl (C=O) groups excluding carboxylic acids is 1. The van der Waals surface area contributed by atoms with Crippen LogP contribution in [0.3, 0.4) is 0 Å². The number of hydrogen-bond donors (Lipinski definition) is 0. The van der Waals surface area contributed by atoms with Crippen LogP contribution in [0.2, 0.25) is 0 Å². The van der Waals surface area contributed by atoms with Crippen LogP contribution in [0, 0.1) is 0 Å². The Labute approximate surface area is 74.4 Å². The van der Waals surface area contributed by atoms with Crippen LogP contribution in [0.5, 0.6) is 0 Å². The first-order valence-electron chi connectivity index (χ1n) is 3.22.